The van der Waals surface area contributed by atoms with Crippen LogP contribution in [0.2, 0.25) is 0 Å². The van der Waals surface area contributed by atoms with Gasteiger partial charge in [0.15, 0.2) is 0 Å². The predicted molar refractivity (Wildman–Crippen MR) is 47.3 cm³/mol. The van der Waals surface area contributed by atoms with Crippen molar-refractivity contribution in [3.63, 3.8) is 0 Å². The standard InChI is InChI=1S/C8H13N3O2/c1-10(2)7(8(12)13)6-4-9-11(3)5-6/h4-5,7H,1-3H3,(H,12,13). The van der Waals surface area contributed by atoms with E-state index in [0.717, 1.165) is 0 Å². The van der Waals surface area contributed by atoms with Crippen molar-refractivity contribution in [1.82, 2.24) is 14.7 Å². The number of aromatic nitrogens is 2. The summed E-state index contributed by atoms with van der Waals surface area (Å²) in [6.07, 6.45) is 3.28. The number of rotatable bonds is 3. The van der Waals surface area contributed by atoms with Gasteiger partial charge in [-0.3, -0.25) is 14.4 Å². The van der Waals surface area contributed by atoms with Crippen molar-refractivity contribution in [2.45, 2.75) is 6.04 Å². The second-order valence-corrected chi connectivity index (χ2v) is 3.15. The maximum atomic E-state index is 10.9. The van der Waals surface area contributed by atoms with Gasteiger partial charge < -0.3 is 5.11 Å². The number of carbonyl (C=O) groups is 1. The van der Waals surface area contributed by atoms with Gasteiger partial charge >= 0.3 is 5.97 Å². The van der Waals surface area contributed by atoms with E-state index in [-0.39, 0.29) is 0 Å². The zero-order chi connectivity index (χ0) is 10.0. The summed E-state index contributed by atoms with van der Waals surface area (Å²) in [5.41, 5.74) is 0.694. The van der Waals surface area contributed by atoms with Crippen molar-refractivity contribution in [2.75, 3.05) is 14.1 Å². The molecule has 0 spiro atoms. The molecule has 1 unspecified atom stereocenters. The molecular weight excluding hydrogens is 170 g/mol. The van der Waals surface area contributed by atoms with Gasteiger partial charge in [-0.05, 0) is 14.1 Å². The lowest BCUT2D eigenvalue weighted by molar-refractivity contribution is -0.142. The highest BCUT2D eigenvalue weighted by Crippen LogP contribution is 2.16. The minimum Gasteiger partial charge on any atom is -0.480 e. The lowest BCUT2D eigenvalue weighted by Gasteiger charge is -2.17. The number of carboxylic acid groups (broad SMARTS) is 1. The predicted octanol–water partition coefficient (Wildman–Crippen LogP) is 0.107. The highest BCUT2D eigenvalue weighted by molar-refractivity contribution is 5.75. The maximum absolute atomic E-state index is 10.9. The van der Waals surface area contributed by atoms with Crippen LogP contribution in [0.3, 0.4) is 0 Å². The van der Waals surface area contributed by atoms with Gasteiger partial charge in [-0.2, -0.15) is 5.10 Å². The third-order valence-corrected chi connectivity index (χ3v) is 1.79. The molecule has 1 aromatic heterocycles. The van der Waals surface area contributed by atoms with Crippen LogP contribution in [0.1, 0.15) is 11.6 Å². The Hall–Kier alpha value is -1.36. The normalized spacial score (nSPS) is 13.2. The smallest absolute Gasteiger partial charge is 0.325 e. The van der Waals surface area contributed by atoms with Crippen LogP contribution in [0.4, 0.5) is 0 Å². The third-order valence-electron chi connectivity index (χ3n) is 1.79. The molecule has 5 nitrogen and oxygen atoms in total. The second kappa shape index (κ2) is 3.57. The molecular formula is C8H13N3O2. The Kier molecular flexibility index (Phi) is 2.67. The molecule has 72 valence electrons. The van der Waals surface area contributed by atoms with Crippen LogP contribution >= 0.6 is 0 Å². The first-order chi connectivity index (χ1) is 6.02. The second-order valence-electron chi connectivity index (χ2n) is 3.15. The van der Waals surface area contributed by atoms with Crippen LogP contribution in [0, 0.1) is 0 Å². The van der Waals surface area contributed by atoms with Crippen molar-refractivity contribution < 1.29 is 9.90 Å². The summed E-state index contributed by atoms with van der Waals surface area (Å²) in [5.74, 6) is -0.863. The fraction of sp³-hybridized carbons (Fsp3) is 0.500. The molecule has 0 aliphatic heterocycles. The summed E-state index contributed by atoms with van der Waals surface area (Å²) in [4.78, 5) is 12.5. The lowest BCUT2D eigenvalue weighted by atomic mass is 10.1. The Balaban J connectivity index is 2.95. The van der Waals surface area contributed by atoms with Crippen molar-refractivity contribution in [1.29, 1.82) is 0 Å². The van der Waals surface area contributed by atoms with E-state index in [9.17, 15) is 4.79 Å². The van der Waals surface area contributed by atoms with E-state index in [1.165, 1.54) is 0 Å². The lowest BCUT2D eigenvalue weighted by Crippen LogP contribution is -2.27. The Morgan fingerprint density at radius 2 is 2.31 bits per heavy atom. The van der Waals surface area contributed by atoms with E-state index in [1.807, 2.05) is 0 Å². The van der Waals surface area contributed by atoms with E-state index >= 15 is 0 Å². The van der Waals surface area contributed by atoms with E-state index < -0.39 is 12.0 Å². The molecule has 0 fully saturated rings. The van der Waals surface area contributed by atoms with Crippen LogP contribution in [-0.4, -0.2) is 39.9 Å². The molecule has 1 aromatic rings. The number of hydrogen-bond donors (Lipinski definition) is 1. The molecule has 0 aliphatic rings. The van der Waals surface area contributed by atoms with E-state index in [0.29, 0.717) is 5.56 Å². The first-order valence-electron chi connectivity index (χ1n) is 3.90. The Morgan fingerprint density at radius 1 is 1.69 bits per heavy atom. The molecule has 0 bridgehead atoms. The minimum atomic E-state index is -0.863. The van der Waals surface area contributed by atoms with Gasteiger partial charge in [0, 0.05) is 18.8 Å². The molecule has 0 amide bonds. The molecule has 0 saturated heterocycles. The van der Waals surface area contributed by atoms with Gasteiger partial charge in [0.05, 0.1) is 6.20 Å². The largest absolute Gasteiger partial charge is 0.480 e. The average Bonchev–Trinajstić information content (AvgIpc) is 2.34. The summed E-state index contributed by atoms with van der Waals surface area (Å²) in [6, 6.07) is -0.617. The van der Waals surface area contributed by atoms with Crippen LogP contribution < -0.4 is 0 Å². The van der Waals surface area contributed by atoms with Crippen molar-refractivity contribution >= 4 is 5.97 Å². The molecule has 1 heterocycles. The zero-order valence-electron chi connectivity index (χ0n) is 7.93. The number of carboxylic acids is 1. The Labute approximate surface area is 76.6 Å². The average molecular weight is 183 g/mol. The Morgan fingerprint density at radius 3 is 2.62 bits per heavy atom. The molecule has 5 heteroatoms. The molecule has 0 aromatic carbocycles. The van der Waals surface area contributed by atoms with Crippen LogP contribution in [0.25, 0.3) is 0 Å². The van der Waals surface area contributed by atoms with Crippen LogP contribution in [0.15, 0.2) is 12.4 Å². The number of nitrogens with zero attached hydrogens (tertiary/aromatic N) is 3. The monoisotopic (exact) mass is 183 g/mol. The maximum Gasteiger partial charge on any atom is 0.325 e. The van der Waals surface area contributed by atoms with Gasteiger partial charge in [-0.25, -0.2) is 0 Å². The zero-order valence-corrected chi connectivity index (χ0v) is 7.93. The quantitative estimate of drug-likeness (QED) is 0.722. The fourth-order valence-corrected chi connectivity index (χ4v) is 1.24. The SMILES string of the molecule is CN(C)C(C(=O)O)c1cnn(C)c1. The van der Waals surface area contributed by atoms with Crippen molar-refractivity contribution in [2.24, 2.45) is 7.05 Å². The molecule has 0 aliphatic carbocycles. The van der Waals surface area contributed by atoms with E-state index in [2.05, 4.69) is 5.10 Å². The minimum absolute atomic E-state index is 0.617. The molecule has 13 heavy (non-hydrogen) atoms. The fourth-order valence-electron chi connectivity index (χ4n) is 1.24. The molecule has 1 N–H and O–H groups in total. The topological polar surface area (TPSA) is 58.4 Å². The number of hydrogen-bond acceptors (Lipinski definition) is 3. The first-order valence-corrected chi connectivity index (χ1v) is 3.90. The molecule has 0 saturated carbocycles. The van der Waals surface area contributed by atoms with Crippen LogP contribution in [0.5, 0.6) is 0 Å². The van der Waals surface area contributed by atoms with Gasteiger partial charge in [0.1, 0.15) is 6.04 Å². The van der Waals surface area contributed by atoms with Gasteiger partial charge in [0.25, 0.3) is 0 Å². The van der Waals surface area contributed by atoms with Gasteiger partial charge in [-0.1, -0.05) is 0 Å². The summed E-state index contributed by atoms with van der Waals surface area (Å²) < 4.78 is 1.59. The van der Waals surface area contributed by atoms with Gasteiger partial charge in [0.2, 0.25) is 0 Å². The number of aryl methyl sites for hydroxylation is 1. The summed E-state index contributed by atoms with van der Waals surface area (Å²) in [7, 11) is 5.22. The first kappa shape index (κ1) is 9.73. The van der Waals surface area contributed by atoms with Crippen molar-refractivity contribution in [3.05, 3.63) is 18.0 Å². The summed E-state index contributed by atoms with van der Waals surface area (Å²) in [6.45, 7) is 0. The third kappa shape index (κ3) is 2.06. The van der Waals surface area contributed by atoms with Crippen molar-refractivity contribution in [3.8, 4) is 0 Å². The summed E-state index contributed by atoms with van der Waals surface area (Å²) in [5, 5.41) is 12.9. The highest BCUT2D eigenvalue weighted by Gasteiger charge is 2.22. The van der Waals surface area contributed by atoms with E-state index in [1.54, 1.807) is 43.1 Å². The molecule has 0 radical (unpaired) electrons. The van der Waals surface area contributed by atoms with Crippen LogP contribution in [-0.2, 0) is 11.8 Å². The van der Waals surface area contributed by atoms with Gasteiger partial charge in [-0.15, -0.1) is 0 Å². The number of likely N-dealkylation sites (N-methyl/N-ethyl adjacent to an activating group) is 1. The Bertz CT molecular complexity index is 306. The summed E-state index contributed by atoms with van der Waals surface area (Å²) >= 11 is 0. The van der Waals surface area contributed by atoms with E-state index in [4.69, 9.17) is 5.11 Å². The molecule has 1 rings (SSSR count). The highest BCUT2D eigenvalue weighted by atomic mass is 16.4. The molecule has 1 atom stereocenters. The number of aliphatic carboxylic acids is 1.